The van der Waals surface area contributed by atoms with E-state index in [0.717, 1.165) is 0 Å². The van der Waals surface area contributed by atoms with Crippen LogP contribution in [-0.4, -0.2) is 37.3 Å². The average Bonchev–Trinajstić information content (AvgIpc) is 2.46. The first-order valence-electron chi connectivity index (χ1n) is 5.69. The molecule has 0 N–H and O–H groups in total. The summed E-state index contributed by atoms with van der Waals surface area (Å²) in [5, 5.41) is 11.0. The van der Waals surface area contributed by atoms with Crippen LogP contribution in [0.2, 0.25) is 0 Å². The van der Waals surface area contributed by atoms with Crippen molar-refractivity contribution in [2.24, 2.45) is 0 Å². The molecule has 2 rings (SSSR count). The number of nitro benzene ring substituents is 1. The second kappa shape index (κ2) is 5.77. The standard InChI is InChI=1S/C12H13NO6/c1-17-12(14)11-10(18-6-7-19-11)8-4-2-3-5-9(8)13(15)16/h2-5,10-11H,6-7H2,1H3/t10-,11+/m0/s1. The summed E-state index contributed by atoms with van der Waals surface area (Å²) in [6.45, 7) is 0.515. The van der Waals surface area contributed by atoms with Crippen LogP contribution in [0.1, 0.15) is 11.7 Å². The molecule has 0 bridgehead atoms. The summed E-state index contributed by atoms with van der Waals surface area (Å²) in [5.41, 5.74) is 0.203. The Labute approximate surface area is 109 Å². The first-order valence-corrected chi connectivity index (χ1v) is 5.69. The Kier molecular flexibility index (Phi) is 4.08. The first-order chi connectivity index (χ1) is 9.15. The molecule has 0 amide bonds. The lowest BCUT2D eigenvalue weighted by Crippen LogP contribution is -2.39. The van der Waals surface area contributed by atoms with Crippen LogP contribution in [0.15, 0.2) is 24.3 Å². The van der Waals surface area contributed by atoms with Crippen LogP contribution in [0, 0.1) is 10.1 Å². The molecule has 1 aromatic carbocycles. The minimum atomic E-state index is -0.986. The zero-order valence-electron chi connectivity index (χ0n) is 10.3. The molecule has 0 radical (unpaired) electrons. The van der Waals surface area contributed by atoms with E-state index < -0.39 is 23.1 Å². The van der Waals surface area contributed by atoms with Crippen LogP contribution in [0.25, 0.3) is 0 Å². The van der Waals surface area contributed by atoms with Gasteiger partial charge in [-0.2, -0.15) is 0 Å². The summed E-state index contributed by atoms with van der Waals surface area (Å²) < 4.78 is 15.4. The number of para-hydroxylation sites is 1. The molecule has 0 aromatic heterocycles. The molecule has 1 fully saturated rings. The molecule has 1 heterocycles. The second-order valence-corrected chi connectivity index (χ2v) is 3.92. The highest BCUT2D eigenvalue weighted by Gasteiger charge is 2.38. The molecule has 0 spiro atoms. The summed E-state index contributed by atoms with van der Waals surface area (Å²) in [6.07, 6.45) is -1.82. The smallest absolute Gasteiger partial charge is 0.338 e. The number of ether oxygens (including phenoxy) is 3. The maximum atomic E-state index is 11.6. The van der Waals surface area contributed by atoms with Gasteiger partial charge in [0.25, 0.3) is 5.69 Å². The Morgan fingerprint density at radius 3 is 2.74 bits per heavy atom. The maximum Gasteiger partial charge on any atom is 0.338 e. The molecule has 7 heteroatoms. The van der Waals surface area contributed by atoms with E-state index in [4.69, 9.17) is 9.47 Å². The van der Waals surface area contributed by atoms with Crippen molar-refractivity contribution in [3.05, 3.63) is 39.9 Å². The lowest BCUT2D eigenvalue weighted by Gasteiger charge is -2.29. The van der Waals surface area contributed by atoms with Gasteiger partial charge in [0.05, 0.1) is 30.8 Å². The summed E-state index contributed by atoms with van der Waals surface area (Å²) in [7, 11) is 1.23. The van der Waals surface area contributed by atoms with Gasteiger partial charge in [-0.25, -0.2) is 4.79 Å². The minimum absolute atomic E-state index is 0.105. The molecule has 7 nitrogen and oxygen atoms in total. The zero-order valence-corrected chi connectivity index (χ0v) is 10.3. The highest BCUT2D eigenvalue weighted by Crippen LogP contribution is 2.33. The number of rotatable bonds is 3. The molecule has 19 heavy (non-hydrogen) atoms. The van der Waals surface area contributed by atoms with Gasteiger partial charge in [-0.3, -0.25) is 10.1 Å². The van der Waals surface area contributed by atoms with Crippen molar-refractivity contribution in [1.29, 1.82) is 0 Å². The van der Waals surface area contributed by atoms with Gasteiger partial charge < -0.3 is 14.2 Å². The normalized spacial score (nSPS) is 22.8. The molecule has 0 unspecified atom stereocenters. The van der Waals surface area contributed by atoms with Crippen molar-refractivity contribution >= 4 is 11.7 Å². The van der Waals surface area contributed by atoms with Gasteiger partial charge in [0.15, 0.2) is 6.10 Å². The fraction of sp³-hybridized carbons (Fsp3) is 0.417. The van der Waals surface area contributed by atoms with Crippen molar-refractivity contribution in [2.75, 3.05) is 20.3 Å². The van der Waals surface area contributed by atoms with Crippen molar-refractivity contribution in [3.63, 3.8) is 0 Å². The van der Waals surface area contributed by atoms with E-state index in [9.17, 15) is 14.9 Å². The van der Waals surface area contributed by atoms with Crippen LogP contribution >= 0.6 is 0 Å². The highest BCUT2D eigenvalue weighted by molar-refractivity contribution is 5.76. The number of nitro groups is 1. The van der Waals surface area contributed by atoms with Crippen molar-refractivity contribution in [3.8, 4) is 0 Å². The average molecular weight is 267 g/mol. The molecule has 1 aromatic rings. The van der Waals surface area contributed by atoms with E-state index in [1.807, 2.05) is 0 Å². The van der Waals surface area contributed by atoms with Crippen molar-refractivity contribution in [2.45, 2.75) is 12.2 Å². The molecule has 0 saturated carbocycles. The largest absolute Gasteiger partial charge is 0.467 e. The molecule has 0 aliphatic carbocycles. The number of hydrogen-bond donors (Lipinski definition) is 0. The van der Waals surface area contributed by atoms with Crippen LogP contribution in [-0.2, 0) is 19.0 Å². The molecular formula is C12H13NO6. The number of hydrogen-bond acceptors (Lipinski definition) is 6. The Bertz CT molecular complexity index is 489. The van der Waals surface area contributed by atoms with Crippen molar-refractivity contribution in [1.82, 2.24) is 0 Å². The maximum absolute atomic E-state index is 11.6. The Morgan fingerprint density at radius 1 is 1.37 bits per heavy atom. The van der Waals surface area contributed by atoms with Gasteiger partial charge in [-0.1, -0.05) is 12.1 Å². The van der Waals surface area contributed by atoms with Gasteiger partial charge >= 0.3 is 5.97 Å². The van der Waals surface area contributed by atoms with Gasteiger partial charge in [0.1, 0.15) is 6.10 Å². The lowest BCUT2D eigenvalue weighted by molar-refractivity contribution is -0.386. The number of carbonyl (C=O) groups is 1. The van der Waals surface area contributed by atoms with Gasteiger partial charge in [-0.15, -0.1) is 0 Å². The number of benzene rings is 1. The first kappa shape index (κ1) is 13.4. The monoisotopic (exact) mass is 267 g/mol. The van der Waals surface area contributed by atoms with Crippen LogP contribution < -0.4 is 0 Å². The predicted octanol–water partition coefficient (Wildman–Crippen LogP) is 1.22. The van der Waals surface area contributed by atoms with Crippen LogP contribution in [0.4, 0.5) is 5.69 Å². The summed E-state index contributed by atoms with van der Waals surface area (Å²) in [6, 6.07) is 6.11. The molecule has 1 saturated heterocycles. The fourth-order valence-electron chi connectivity index (χ4n) is 1.98. The zero-order chi connectivity index (χ0) is 13.8. The molecular weight excluding hydrogens is 254 g/mol. The summed E-state index contributed by atoms with van der Waals surface area (Å²) >= 11 is 0. The Balaban J connectivity index is 2.37. The van der Waals surface area contributed by atoms with E-state index in [2.05, 4.69) is 4.74 Å². The Morgan fingerprint density at radius 2 is 2.05 bits per heavy atom. The third-order valence-corrected chi connectivity index (χ3v) is 2.83. The SMILES string of the molecule is COC(=O)[C@@H]1OCCO[C@H]1c1ccccc1[N+](=O)[O-]. The van der Waals surface area contributed by atoms with Gasteiger partial charge in [0.2, 0.25) is 0 Å². The quantitative estimate of drug-likeness (QED) is 0.465. The van der Waals surface area contributed by atoms with E-state index in [-0.39, 0.29) is 18.9 Å². The minimum Gasteiger partial charge on any atom is -0.467 e. The van der Waals surface area contributed by atoms with E-state index in [1.165, 1.54) is 13.2 Å². The third kappa shape index (κ3) is 2.72. The van der Waals surface area contributed by atoms with Crippen molar-refractivity contribution < 1.29 is 23.9 Å². The van der Waals surface area contributed by atoms with Crippen LogP contribution in [0.3, 0.4) is 0 Å². The summed E-state index contributed by atoms with van der Waals surface area (Å²) in [4.78, 5) is 22.1. The molecule has 1 aliphatic heterocycles. The topological polar surface area (TPSA) is 87.9 Å². The number of nitrogens with zero attached hydrogens (tertiary/aromatic N) is 1. The van der Waals surface area contributed by atoms with E-state index in [1.54, 1.807) is 18.2 Å². The third-order valence-electron chi connectivity index (χ3n) is 2.83. The molecule has 2 atom stereocenters. The van der Waals surface area contributed by atoms with Gasteiger partial charge in [-0.05, 0) is 6.07 Å². The van der Waals surface area contributed by atoms with E-state index in [0.29, 0.717) is 5.56 Å². The second-order valence-electron chi connectivity index (χ2n) is 3.92. The number of esters is 1. The van der Waals surface area contributed by atoms with Gasteiger partial charge in [0, 0.05) is 6.07 Å². The number of carbonyl (C=O) groups excluding carboxylic acids is 1. The highest BCUT2D eigenvalue weighted by atomic mass is 16.6. The summed E-state index contributed by atoms with van der Waals surface area (Å²) in [5.74, 6) is -0.608. The predicted molar refractivity (Wildman–Crippen MR) is 63.5 cm³/mol. The molecule has 1 aliphatic rings. The fourth-order valence-corrected chi connectivity index (χ4v) is 1.98. The van der Waals surface area contributed by atoms with Crippen LogP contribution in [0.5, 0.6) is 0 Å². The number of methoxy groups -OCH3 is 1. The molecule has 102 valence electrons. The lowest BCUT2D eigenvalue weighted by atomic mass is 10.0. The Hall–Kier alpha value is -1.99. The van der Waals surface area contributed by atoms with E-state index >= 15 is 0 Å².